The molecule has 4 aromatic heterocycles. The van der Waals surface area contributed by atoms with Gasteiger partial charge < -0.3 is 24.9 Å². The summed E-state index contributed by atoms with van der Waals surface area (Å²) in [6, 6.07) is 16.1. The largest absolute Gasteiger partial charge is 0.455 e. The fraction of sp³-hybridized carbons (Fsp3) is 0.471. The third-order valence-corrected chi connectivity index (χ3v) is 17.3. The lowest BCUT2D eigenvalue weighted by Gasteiger charge is -2.56. The smallest absolute Gasteiger partial charge is 0.296 e. The van der Waals surface area contributed by atoms with E-state index in [-0.39, 0.29) is 64.7 Å². The summed E-state index contributed by atoms with van der Waals surface area (Å²) >= 11 is 0. The number of likely N-dealkylation sites (tertiary alicyclic amines) is 2. The van der Waals surface area contributed by atoms with E-state index >= 15 is 4.39 Å². The Morgan fingerprint density at radius 3 is 2.49 bits per heavy atom. The number of anilines is 2. The van der Waals surface area contributed by atoms with Crippen molar-refractivity contribution in [2.24, 2.45) is 5.41 Å². The van der Waals surface area contributed by atoms with Crippen LogP contribution in [-0.2, 0) is 14.8 Å². The molecule has 5 fully saturated rings. The molecule has 1 atom stereocenters. The second-order valence-electron chi connectivity index (χ2n) is 20.7. The maximum atomic E-state index is 16.2. The Bertz CT molecular complexity index is 3150. The molecule has 4 N–H and O–H groups in total. The number of pyridine rings is 2. The first-order valence-corrected chi connectivity index (χ1v) is 26.2. The number of sulfonamides is 1. The molecule has 372 valence electrons. The van der Waals surface area contributed by atoms with Gasteiger partial charge in [0.15, 0.2) is 0 Å². The summed E-state index contributed by atoms with van der Waals surface area (Å²) < 4.78 is 53.1. The summed E-state index contributed by atoms with van der Waals surface area (Å²) in [5.41, 5.74) is 0.849. The maximum absolute atomic E-state index is 16.2. The van der Waals surface area contributed by atoms with E-state index in [1.54, 1.807) is 18.3 Å². The van der Waals surface area contributed by atoms with Crippen molar-refractivity contribution >= 4 is 61.0 Å². The number of imidazole rings is 1. The number of nitro benzene ring substituents is 1. The fourth-order valence-electron chi connectivity index (χ4n) is 11.9. The zero-order valence-corrected chi connectivity index (χ0v) is 40.6. The Morgan fingerprint density at radius 1 is 0.972 bits per heavy atom. The van der Waals surface area contributed by atoms with Gasteiger partial charge in [-0.15, -0.1) is 0 Å². The van der Waals surface area contributed by atoms with Gasteiger partial charge in [-0.1, -0.05) is 38.1 Å². The normalized spacial score (nSPS) is 20.9. The number of aromatic amines is 2. The molecule has 0 bridgehead atoms. The zero-order valence-electron chi connectivity index (χ0n) is 39.8. The molecule has 1 spiro atoms. The van der Waals surface area contributed by atoms with E-state index in [9.17, 15) is 28.1 Å². The van der Waals surface area contributed by atoms with Gasteiger partial charge in [-0.25, -0.2) is 32.5 Å². The molecule has 71 heavy (non-hydrogen) atoms. The van der Waals surface area contributed by atoms with Gasteiger partial charge in [-0.2, -0.15) is 0 Å². The van der Waals surface area contributed by atoms with Gasteiger partial charge in [0.1, 0.15) is 56.1 Å². The highest BCUT2D eigenvalue weighted by Gasteiger charge is 2.50. The number of piperidine rings is 2. The number of rotatable bonds is 14. The summed E-state index contributed by atoms with van der Waals surface area (Å²) in [6.45, 7) is 7.74. The molecule has 20 heteroatoms. The molecule has 11 rings (SSSR count). The standard InChI is InChI=1S/C51H58FN11O7S/c1-31(2)37-6-3-4-7-38(37)40-8-5-15-62(40)34-25-50(26-34)10-16-61(17-11-50)44-24-42(70-36-20-32-9-14-53-48(32)55-27-36)39(28-54-44)49(65)59-71(68,69)43-23-41(63(66)67)45(47-46(43)57-30-58-47)56-29-51(52)12-18-60(19-13-51)33-21-35(64)22-33/h3-4,6-7,9,14,20,23-24,27-28,30-31,33-34,40,56H,5,8,10-13,15-19,21-22,25-26,29H2,1-2H3,(H,53,55)(H,57,58)(H,59,65)/t40-/m0/s1. The lowest BCUT2D eigenvalue weighted by molar-refractivity contribution is -0.384. The minimum Gasteiger partial charge on any atom is -0.455 e. The van der Waals surface area contributed by atoms with Crippen molar-refractivity contribution in [3.8, 4) is 11.5 Å². The monoisotopic (exact) mass is 987 g/mol. The van der Waals surface area contributed by atoms with Crippen LogP contribution in [0.3, 0.4) is 0 Å². The number of nitrogens with one attached hydrogen (secondary N) is 4. The number of carbonyl (C=O) groups excluding carboxylic acids is 2. The number of fused-ring (bicyclic) bond motifs is 2. The topological polar surface area (TPSA) is 225 Å². The number of aromatic nitrogens is 5. The number of ether oxygens (including phenoxy) is 1. The first-order chi connectivity index (χ1) is 34.1. The molecule has 0 radical (unpaired) electrons. The Labute approximate surface area is 410 Å². The highest BCUT2D eigenvalue weighted by atomic mass is 32.2. The van der Waals surface area contributed by atoms with Crippen LogP contribution < -0.4 is 19.7 Å². The summed E-state index contributed by atoms with van der Waals surface area (Å²) in [4.78, 5) is 63.1. The Balaban J connectivity index is 0.806. The van der Waals surface area contributed by atoms with Crippen LogP contribution in [0.1, 0.15) is 112 Å². The van der Waals surface area contributed by atoms with E-state index in [1.165, 1.54) is 42.7 Å². The van der Waals surface area contributed by atoms with Crippen molar-refractivity contribution in [3.05, 3.63) is 100 Å². The van der Waals surface area contributed by atoms with Gasteiger partial charge in [-0.05, 0) is 92.5 Å². The number of hydrogen-bond donors (Lipinski definition) is 4. The molecule has 3 aliphatic heterocycles. The van der Waals surface area contributed by atoms with Crippen LogP contribution in [0.15, 0.2) is 78.3 Å². The minimum atomic E-state index is -4.86. The molecule has 1 amide bonds. The number of nitrogens with zero attached hydrogens (tertiary/aromatic N) is 7. The number of amides is 1. The maximum Gasteiger partial charge on any atom is 0.296 e. The number of nitro groups is 1. The van der Waals surface area contributed by atoms with Crippen LogP contribution in [0.25, 0.3) is 22.1 Å². The van der Waals surface area contributed by atoms with Crippen molar-refractivity contribution < 1.29 is 32.1 Å². The van der Waals surface area contributed by atoms with E-state index in [0.29, 0.717) is 61.1 Å². The molecular formula is C51H58FN11O7S. The van der Waals surface area contributed by atoms with Gasteiger partial charge in [0.2, 0.25) is 0 Å². The number of alkyl halides is 1. The van der Waals surface area contributed by atoms with Crippen LogP contribution in [0.5, 0.6) is 11.5 Å². The van der Waals surface area contributed by atoms with Gasteiger partial charge >= 0.3 is 0 Å². The molecule has 2 aliphatic carbocycles. The lowest BCUT2D eigenvalue weighted by Crippen LogP contribution is -2.55. The number of hydrogen-bond acceptors (Lipinski definition) is 14. The zero-order chi connectivity index (χ0) is 49.2. The third kappa shape index (κ3) is 8.98. The second-order valence-corrected chi connectivity index (χ2v) is 22.3. The fourth-order valence-corrected chi connectivity index (χ4v) is 13.1. The van der Waals surface area contributed by atoms with Crippen LogP contribution in [0.2, 0.25) is 0 Å². The number of ketones is 1. The summed E-state index contributed by atoms with van der Waals surface area (Å²) in [5.74, 6) is 0.476. The summed E-state index contributed by atoms with van der Waals surface area (Å²) in [7, 11) is -4.86. The molecule has 2 aromatic carbocycles. The van der Waals surface area contributed by atoms with E-state index in [0.717, 1.165) is 56.8 Å². The molecular weight excluding hydrogens is 930 g/mol. The summed E-state index contributed by atoms with van der Waals surface area (Å²) in [6.07, 6.45) is 13.6. The minimum absolute atomic E-state index is 0.0349. The highest BCUT2D eigenvalue weighted by Crippen LogP contribution is 2.54. The number of carbonyl (C=O) groups is 2. The van der Waals surface area contributed by atoms with E-state index in [4.69, 9.17) is 4.74 Å². The van der Waals surface area contributed by atoms with Gasteiger partial charge in [0, 0.05) is 93.6 Å². The summed E-state index contributed by atoms with van der Waals surface area (Å²) in [5, 5.41) is 16.2. The van der Waals surface area contributed by atoms with Crippen molar-refractivity contribution in [2.75, 3.05) is 49.5 Å². The SMILES string of the molecule is CC(C)c1ccccc1[C@@H]1CCCN1C1CC2(CCN(c3cc(Oc4cnc5[nH]ccc5c4)c(C(=O)NS(=O)(=O)c4cc([N+](=O)[O-])c(NCC5(F)CCN(C6CC(=O)C6)CC5)c5[nH]cnc45)cn3)CC2)C1. The third-order valence-electron chi connectivity index (χ3n) is 16.0. The number of Topliss-reactive ketones (excluding diaryl/α,β-unsaturated/α-hetero) is 1. The van der Waals surface area contributed by atoms with Crippen molar-refractivity contribution in [3.63, 3.8) is 0 Å². The van der Waals surface area contributed by atoms with E-state index in [2.05, 4.69) is 87.8 Å². The quantitative estimate of drug-likeness (QED) is 0.0595. The van der Waals surface area contributed by atoms with Crippen molar-refractivity contribution in [1.29, 1.82) is 0 Å². The second kappa shape index (κ2) is 18.3. The average molecular weight is 988 g/mol. The van der Waals surface area contributed by atoms with Gasteiger partial charge in [-0.3, -0.25) is 29.5 Å². The molecule has 7 heterocycles. The molecule has 2 saturated carbocycles. The first-order valence-electron chi connectivity index (χ1n) is 24.8. The lowest BCUT2D eigenvalue weighted by atomic mass is 9.60. The molecule has 3 saturated heterocycles. The van der Waals surface area contributed by atoms with Crippen molar-refractivity contribution in [2.45, 2.75) is 113 Å². The van der Waals surface area contributed by atoms with Crippen LogP contribution in [0.4, 0.5) is 21.6 Å². The predicted octanol–water partition coefficient (Wildman–Crippen LogP) is 8.31. The van der Waals surface area contributed by atoms with E-state index in [1.807, 2.05) is 6.07 Å². The van der Waals surface area contributed by atoms with Crippen LogP contribution >= 0.6 is 0 Å². The Kier molecular flexibility index (Phi) is 12.1. The number of benzene rings is 2. The average Bonchev–Trinajstić information content (AvgIpc) is 4.14. The molecule has 18 nitrogen and oxygen atoms in total. The predicted molar refractivity (Wildman–Crippen MR) is 265 cm³/mol. The number of halogens is 1. The Hall–Kier alpha value is -6.51. The van der Waals surface area contributed by atoms with Crippen molar-refractivity contribution in [1.82, 2.24) is 39.4 Å². The molecule has 6 aromatic rings. The van der Waals surface area contributed by atoms with Crippen LogP contribution in [-0.4, -0.2) is 117 Å². The van der Waals surface area contributed by atoms with Crippen LogP contribution in [0, 0.1) is 15.5 Å². The highest BCUT2D eigenvalue weighted by molar-refractivity contribution is 7.90. The van der Waals surface area contributed by atoms with E-state index < -0.39 is 37.1 Å². The Morgan fingerprint density at radius 2 is 1.75 bits per heavy atom. The molecule has 5 aliphatic rings. The first kappa shape index (κ1) is 46.8. The molecule has 0 unspecified atom stereocenters. The van der Waals surface area contributed by atoms with Gasteiger partial charge in [0.25, 0.3) is 21.6 Å². The van der Waals surface area contributed by atoms with Gasteiger partial charge in [0.05, 0.1) is 23.0 Å². The number of H-pyrrole nitrogens is 2.